The van der Waals surface area contributed by atoms with Crippen molar-refractivity contribution >= 4 is 21.8 Å². The molecule has 0 spiro atoms. The molecule has 0 aromatic heterocycles. The number of ether oxygens (including phenoxy) is 1. The van der Waals surface area contributed by atoms with Crippen LogP contribution in [0.2, 0.25) is 0 Å². The number of rotatable bonds is 10. The molecule has 0 bridgehead atoms. The first-order chi connectivity index (χ1) is 15.7. The van der Waals surface area contributed by atoms with E-state index in [0.717, 1.165) is 46.5 Å². The Labute approximate surface area is 191 Å². The van der Waals surface area contributed by atoms with Crippen LogP contribution in [0.5, 0.6) is 0 Å². The topological polar surface area (TPSA) is 91.3 Å². The molecule has 0 atom stereocenters. The van der Waals surface area contributed by atoms with E-state index in [1.807, 2.05) is 24.3 Å². The number of aliphatic imine (C=N–C) groups is 1. The van der Waals surface area contributed by atoms with E-state index in [1.54, 1.807) is 7.05 Å². The molecule has 0 fully saturated rings. The van der Waals surface area contributed by atoms with Gasteiger partial charge in [-0.25, -0.2) is 17.2 Å². The molecule has 3 rings (SSSR count). The van der Waals surface area contributed by atoms with Gasteiger partial charge in [-0.3, -0.25) is 9.79 Å². The lowest BCUT2D eigenvalue weighted by Crippen LogP contribution is -2.33. The third kappa shape index (κ3) is 6.34. The summed E-state index contributed by atoms with van der Waals surface area (Å²) < 4.78 is 57.9. The monoisotopic (exact) mass is 480 g/mol. The van der Waals surface area contributed by atoms with Crippen LogP contribution in [0.25, 0.3) is 0 Å². The zero-order chi connectivity index (χ0) is 24.0. The molecule has 0 radical (unpaired) electrons. The van der Waals surface area contributed by atoms with Gasteiger partial charge < -0.3 is 15.0 Å². The molecule has 11 heteroatoms. The van der Waals surface area contributed by atoms with E-state index in [2.05, 4.69) is 10.3 Å². The molecule has 0 saturated carbocycles. The number of amidine groups is 1. The van der Waals surface area contributed by atoms with Gasteiger partial charge in [-0.2, -0.15) is 4.31 Å². The third-order valence-corrected chi connectivity index (χ3v) is 7.00. The normalized spacial score (nSPS) is 13.7. The molecule has 2 aromatic rings. The second-order valence-electron chi connectivity index (χ2n) is 7.56. The quantitative estimate of drug-likeness (QED) is 0.522. The van der Waals surface area contributed by atoms with Crippen LogP contribution in [-0.2, 0) is 26.1 Å². The van der Waals surface area contributed by atoms with E-state index in [1.165, 1.54) is 11.9 Å². The van der Waals surface area contributed by atoms with Crippen molar-refractivity contribution in [2.75, 3.05) is 46.9 Å². The Bertz CT molecular complexity index is 1120. The molecule has 1 heterocycles. The fourth-order valence-corrected chi connectivity index (χ4v) is 4.35. The Morgan fingerprint density at radius 2 is 1.88 bits per heavy atom. The number of amides is 1. The Kier molecular flexibility index (Phi) is 8.11. The third-order valence-electron chi connectivity index (χ3n) is 5.11. The van der Waals surface area contributed by atoms with Crippen LogP contribution in [0, 0.1) is 11.6 Å². The first-order valence-corrected chi connectivity index (χ1v) is 11.7. The van der Waals surface area contributed by atoms with Crippen molar-refractivity contribution in [1.29, 1.82) is 0 Å². The Morgan fingerprint density at radius 3 is 2.52 bits per heavy atom. The zero-order valence-corrected chi connectivity index (χ0v) is 19.2. The Morgan fingerprint density at radius 1 is 1.15 bits per heavy atom. The standard InChI is InChI=1S/C22H26F2N4O4S/c1-27(14-16-3-5-17(6-4-16)22-25-9-10-26-22)21(29)15-32-12-11-28(2)33(30,31)20-8-7-18(23)13-19(20)24/h3-8,13H,9-12,14-15H2,1-2H3,(H,25,26). The largest absolute Gasteiger partial charge is 0.370 e. The predicted octanol–water partition coefficient (Wildman–Crippen LogP) is 1.61. The molecule has 1 aliphatic heterocycles. The molecular formula is C22H26F2N4O4S. The van der Waals surface area contributed by atoms with Crippen LogP contribution in [0.4, 0.5) is 8.78 Å². The van der Waals surface area contributed by atoms with Crippen molar-refractivity contribution in [3.63, 3.8) is 0 Å². The number of hydrogen-bond acceptors (Lipinski definition) is 6. The average Bonchev–Trinajstić information content (AvgIpc) is 3.31. The predicted molar refractivity (Wildman–Crippen MR) is 119 cm³/mol. The van der Waals surface area contributed by atoms with Crippen LogP contribution >= 0.6 is 0 Å². The summed E-state index contributed by atoms with van der Waals surface area (Å²) in [5, 5.41) is 3.21. The van der Waals surface area contributed by atoms with Gasteiger partial charge in [0.25, 0.3) is 0 Å². The van der Waals surface area contributed by atoms with Crippen molar-refractivity contribution in [3.8, 4) is 0 Å². The summed E-state index contributed by atoms with van der Waals surface area (Å²) in [5.41, 5.74) is 1.94. The smallest absolute Gasteiger partial charge is 0.248 e. The Balaban J connectivity index is 1.43. The first kappa shape index (κ1) is 24.7. The number of halogens is 2. The minimum absolute atomic E-state index is 0.0675. The number of likely N-dealkylation sites (N-methyl/N-ethyl adjacent to an activating group) is 2. The summed E-state index contributed by atoms with van der Waals surface area (Å²) in [4.78, 5) is 17.6. The van der Waals surface area contributed by atoms with Crippen LogP contribution in [-0.4, -0.2) is 76.3 Å². The number of carbonyl (C=O) groups excluding carboxylic acids is 1. The maximum Gasteiger partial charge on any atom is 0.248 e. The molecule has 2 aromatic carbocycles. The number of nitrogens with one attached hydrogen (secondary N) is 1. The number of sulfonamides is 1. The van der Waals surface area contributed by atoms with Crippen molar-refractivity contribution in [2.24, 2.45) is 4.99 Å². The second-order valence-corrected chi connectivity index (χ2v) is 9.57. The zero-order valence-electron chi connectivity index (χ0n) is 18.4. The van der Waals surface area contributed by atoms with E-state index >= 15 is 0 Å². The lowest BCUT2D eigenvalue weighted by atomic mass is 10.1. The molecule has 1 amide bonds. The van der Waals surface area contributed by atoms with Gasteiger partial charge in [0.2, 0.25) is 15.9 Å². The summed E-state index contributed by atoms with van der Waals surface area (Å²) in [6, 6.07) is 10.0. The van der Waals surface area contributed by atoms with E-state index in [0.29, 0.717) is 12.6 Å². The lowest BCUT2D eigenvalue weighted by molar-refractivity contribution is -0.135. The lowest BCUT2D eigenvalue weighted by Gasteiger charge is -2.19. The fourth-order valence-electron chi connectivity index (χ4n) is 3.16. The van der Waals surface area contributed by atoms with Gasteiger partial charge in [-0.15, -0.1) is 0 Å². The summed E-state index contributed by atoms with van der Waals surface area (Å²) >= 11 is 0. The highest BCUT2D eigenvalue weighted by atomic mass is 32.2. The maximum atomic E-state index is 13.8. The summed E-state index contributed by atoms with van der Waals surface area (Å²) in [5.74, 6) is -1.43. The highest BCUT2D eigenvalue weighted by Gasteiger charge is 2.24. The van der Waals surface area contributed by atoms with Crippen LogP contribution < -0.4 is 5.32 Å². The van der Waals surface area contributed by atoms with Crippen molar-refractivity contribution in [2.45, 2.75) is 11.4 Å². The molecular weight excluding hydrogens is 454 g/mol. The van der Waals surface area contributed by atoms with Crippen molar-refractivity contribution in [3.05, 3.63) is 65.2 Å². The molecule has 8 nitrogen and oxygen atoms in total. The number of nitrogens with zero attached hydrogens (tertiary/aromatic N) is 3. The van der Waals surface area contributed by atoms with Crippen LogP contribution in [0.15, 0.2) is 52.4 Å². The Hall–Kier alpha value is -2.89. The molecule has 1 N–H and O–H groups in total. The maximum absolute atomic E-state index is 13.8. The fraction of sp³-hybridized carbons (Fsp3) is 0.364. The van der Waals surface area contributed by atoms with Crippen LogP contribution in [0.1, 0.15) is 11.1 Å². The highest BCUT2D eigenvalue weighted by Crippen LogP contribution is 2.19. The summed E-state index contributed by atoms with van der Waals surface area (Å²) in [7, 11) is -1.25. The van der Waals surface area contributed by atoms with E-state index in [-0.39, 0.29) is 25.7 Å². The molecule has 0 unspecified atom stereocenters. The highest BCUT2D eigenvalue weighted by molar-refractivity contribution is 7.89. The molecule has 33 heavy (non-hydrogen) atoms. The first-order valence-electron chi connectivity index (χ1n) is 10.3. The van der Waals surface area contributed by atoms with Crippen molar-refractivity contribution in [1.82, 2.24) is 14.5 Å². The van der Waals surface area contributed by atoms with Gasteiger partial charge >= 0.3 is 0 Å². The van der Waals surface area contributed by atoms with E-state index in [4.69, 9.17) is 4.74 Å². The van der Waals surface area contributed by atoms with Crippen LogP contribution in [0.3, 0.4) is 0 Å². The van der Waals surface area contributed by atoms with Gasteiger partial charge in [0, 0.05) is 45.4 Å². The van der Waals surface area contributed by atoms with Gasteiger partial charge in [-0.05, 0) is 17.7 Å². The molecule has 0 saturated heterocycles. The molecule has 178 valence electrons. The molecule has 1 aliphatic rings. The van der Waals surface area contributed by atoms with Gasteiger partial charge in [-0.1, -0.05) is 24.3 Å². The van der Waals surface area contributed by atoms with Gasteiger partial charge in [0.1, 0.15) is 29.0 Å². The minimum atomic E-state index is -4.15. The van der Waals surface area contributed by atoms with Gasteiger partial charge in [0.15, 0.2) is 0 Å². The molecule has 0 aliphatic carbocycles. The van der Waals surface area contributed by atoms with Crippen molar-refractivity contribution < 1.29 is 26.7 Å². The van der Waals surface area contributed by atoms with Gasteiger partial charge in [0.05, 0.1) is 13.2 Å². The van der Waals surface area contributed by atoms with E-state index in [9.17, 15) is 22.0 Å². The minimum Gasteiger partial charge on any atom is -0.370 e. The number of benzene rings is 2. The number of hydrogen-bond donors (Lipinski definition) is 1. The summed E-state index contributed by atoms with van der Waals surface area (Å²) in [6.07, 6.45) is 0. The number of carbonyl (C=O) groups is 1. The average molecular weight is 481 g/mol. The SMILES string of the molecule is CN(Cc1ccc(C2=NCCN2)cc1)C(=O)COCCN(C)S(=O)(=O)c1ccc(F)cc1F. The summed E-state index contributed by atoms with van der Waals surface area (Å²) in [6.45, 7) is 1.59. The van der Waals surface area contributed by atoms with E-state index < -0.39 is 26.6 Å². The second kappa shape index (κ2) is 10.8.